The molecule has 3 rings (SSSR count). The van der Waals surface area contributed by atoms with Gasteiger partial charge in [0.2, 0.25) is 0 Å². The van der Waals surface area contributed by atoms with Gasteiger partial charge in [0, 0.05) is 27.9 Å². The largest absolute Gasteiger partial charge is 0.270 e. The first-order valence-electron chi connectivity index (χ1n) is 6.14. The molecule has 3 aromatic rings. The Balaban J connectivity index is 1.82. The highest BCUT2D eigenvalue weighted by Gasteiger charge is 2.11. The number of fused-ring (bicyclic) bond motifs is 1. The lowest BCUT2D eigenvalue weighted by Crippen LogP contribution is -1.85. The second kappa shape index (κ2) is 6.42. The van der Waals surface area contributed by atoms with Crippen molar-refractivity contribution in [2.24, 2.45) is 0 Å². The van der Waals surface area contributed by atoms with Crippen LogP contribution in [0.3, 0.4) is 0 Å². The van der Waals surface area contributed by atoms with Crippen LogP contribution in [-0.2, 0) is 5.75 Å². The third-order valence-electron chi connectivity index (χ3n) is 2.92. The molecule has 8 heteroatoms. The monoisotopic (exact) mass is 370 g/mol. The predicted molar refractivity (Wildman–Crippen MR) is 92.3 cm³/mol. The number of nitro groups is 1. The molecule has 0 unspecified atom stereocenters. The number of halogens is 2. The van der Waals surface area contributed by atoms with E-state index in [1.807, 2.05) is 6.07 Å². The molecule has 0 fully saturated rings. The minimum atomic E-state index is -0.405. The van der Waals surface area contributed by atoms with E-state index in [4.69, 9.17) is 23.2 Å². The van der Waals surface area contributed by atoms with Crippen molar-refractivity contribution < 1.29 is 4.92 Å². The van der Waals surface area contributed by atoms with E-state index in [0.29, 0.717) is 15.8 Å². The average Bonchev–Trinajstić information content (AvgIpc) is 2.90. The Kier molecular flexibility index (Phi) is 4.54. The normalized spacial score (nSPS) is 11.0. The van der Waals surface area contributed by atoms with Crippen LogP contribution in [0, 0.1) is 10.1 Å². The molecule has 4 nitrogen and oxygen atoms in total. The minimum Gasteiger partial charge on any atom is -0.258 e. The number of benzene rings is 2. The molecule has 0 amide bonds. The lowest BCUT2D eigenvalue weighted by atomic mass is 10.2. The van der Waals surface area contributed by atoms with Crippen LogP contribution in [0.1, 0.15) is 5.56 Å². The Hall–Kier alpha value is -1.34. The SMILES string of the molecule is O=[N+]([O-])c1ccc2nc(SCc3cc(Cl)ccc3Cl)sc2c1. The zero-order valence-corrected chi connectivity index (χ0v) is 14.1. The van der Waals surface area contributed by atoms with E-state index in [9.17, 15) is 10.1 Å². The molecule has 0 atom stereocenters. The van der Waals surface area contributed by atoms with Crippen molar-refractivity contribution in [2.75, 3.05) is 0 Å². The predicted octanol–water partition coefficient (Wildman–Crippen LogP) is 5.80. The molecule has 0 aliphatic carbocycles. The number of hydrogen-bond acceptors (Lipinski definition) is 5. The fourth-order valence-corrected chi connectivity index (χ4v) is 4.41. The molecule has 1 aromatic heterocycles. The molecular weight excluding hydrogens is 363 g/mol. The third kappa shape index (κ3) is 3.35. The van der Waals surface area contributed by atoms with Gasteiger partial charge in [-0.05, 0) is 29.8 Å². The van der Waals surface area contributed by atoms with E-state index in [2.05, 4.69) is 4.98 Å². The standard InChI is InChI=1S/C14H8Cl2N2O2S2/c15-9-1-3-11(16)8(5-9)7-21-14-17-12-4-2-10(18(19)20)6-13(12)22-14/h1-6H,7H2. The van der Waals surface area contributed by atoms with Crippen LogP contribution in [0.5, 0.6) is 0 Å². The highest BCUT2D eigenvalue weighted by molar-refractivity contribution is 8.00. The molecule has 0 aliphatic rings. The second-order valence-corrected chi connectivity index (χ2v) is 7.51. The molecule has 1 heterocycles. The number of nitro benzene ring substituents is 1. The lowest BCUT2D eigenvalue weighted by Gasteiger charge is -2.02. The maximum Gasteiger partial charge on any atom is 0.270 e. The minimum absolute atomic E-state index is 0.0746. The van der Waals surface area contributed by atoms with Gasteiger partial charge in [-0.15, -0.1) is 11.3 Å². The van der Waals surface area contributed by atoms with Crippen LogP contribution in [0.15, 0.2) is 40.7 Å². The summed E-state index contributed by atoms with van der Waals surface area (Å²) in [5.74, 6) is 0.640. The van der Waals surface area contributed by atoms with Crippen LogP contribution in [0.4, 0.5) is 5.69 Å². The Bertz CT molecular complexity index is 867. The highest BCUT2D eigenvalue weighted by Crippen LogP contribution is 2.34. The van der Waals surface area contributed by atoms with Gasteiger partial charge in [0.15, 0.2) is 4.34 Å². The maximum absolute atomic E-state index is 10.8. The van der Waals surface area contributed by atoms with E-state index in [1.165, 1.54) is 29.2 Å². The summed E-state index contributed by atoms with van der Waals surface area (Å²) in [6, 6.07) is 10.0. The summed E-state index contributed by atoms with van der Waals surface area (Å²) in [5.41, 5.74) is 1.77. The fourth-order valence-electron chi connectivity index (χ4n) is 1.86. The van der Waals surface area contributed by atoms with Gasteiger partial charge in [0.1, 0.15) is 0 Å². The molecule has 0 N–H and O–H groups in total. The number of thiazole rings is 1. The smallest absolute Gasteiger partial charge is 0.258 e. The number of nitrogens with zero attached hydrogens (tertiary/aromatic N) is 2. The molecule has 2 aromatic carbocycles. The molecule has 0 radical (unpaired) electrons. The van der Waals surface area contributed by atoms with Crippen molar-refractivity contribution in [3.8, 4) is 0 Å². The zero-order chi connectivity index (χ0) is 15.7. The Morgan fingerprint density at radius 2 is 2.05 bits per heavy atom. The number of non-ortho nitro benzene ring substituents is 1. The molecule has 22 heavy (non-hydrogen) atoms. The van der Waals surface area contributed by atoms with Crippen molar-refractivity contribution in [1.82, 2.24) is 4.98 Å². The molecule has 0 saturated heterocycles. The summed E-state index contributed by atoms with van der Waals surface area (Å²) in [4.78, 5) is 14.8. The first-order chi connectivity index (χ1) is 10.5. The maximum atomic E-state index is 10.8. The van der Waals surface area contributed by atoms with Crippen LogP contribution < -0.4 is 0 Å². The van der Waals surface area contributed by atoms with Gasteiger partial charge >= 0.3 is 0 Å². The average molecular weight is 371 g/mol. The molecule has 112 valence electrons. The summed E-state index contributed by atoms with van der Waals surface area (Å²) >= 11 is 15.1. The van der Waals surface area contributed by atoms with Crippen molar-refractivity contribution >= 4 is 62.2 Å². The number of hydrogen-bond donors (Lipinski definition) is 0. The van der Waals surface area contributed by atoms with Gasteiger partial charge in [-0.3, -0.25) is 10.1 Å². The summed E-state index contributed by atoms with van der Waals surface area (Å²) in [6.07, 6.45) is 0. The topological polar surface area (TPSA) is 56.0 Å². The van der Waals surface area contributed by atoms with Gasteiger partial charge in [0.05, 0.1) is 15.1 Å². The molecular formula is C14H8Cl2N2O2S2. The fraction of sp³-hybridized carbons (Fsp3) is 0.0714. The highest BCUT2D eigenvalue weighted by atomic mass is 35.5. The van der Waals surface area contributed by atoms with Crippen molar-refractivity contribution in [1.29, 1.82) is 0 Å². The second-order valence-electron chi connectivity index (χ2n) is 4.41. The first-order valence-corrected chi connectivity index (χ1v) is 8.70. The number of thioether (sulfide) groups is 1. The van der Waals surface area contributed by atoms with Gasteiger partial charge < -0.3 is 0 Å². The van der Waals surface area contributed by atoms with E-state index in [0.717, 1.165) is 20.1 Å². The van der Waals surface area contributed by atoms with Crippen LogP contribution >= 0.6 is 46.3 Å². The molecule has 0 spiro atoms. The first kappa shape index (κ1) is 15.6. The zero-order valence-electron chi connectivity index (χ0n) is 11.0. The van der Waals surface area contributed by atoms with Crippen LogP contribution in [0.2, 0.25) is 10.0 Å². The van der Waals surface area contributed by atoms with Crippen molar-refractivity contribution in [3.05, 3.63) is 62.1 Å². The van der Waals surface area contributed by atoms with E-state index in [1.54, 1.807) is 24.3 Å². The van der Waals surface area contributed by atoms with Crippen molar-refractivity contribution in [3.63, 3.8) is 0 Å². The number of aromatic nitrogens is 1. The van der Waals surface area contributed by atoms with Crippen LogP contribution in [-0.4, -0.2) is 9.91 Å². The third-order valence-corrected chi connectivity index (χ3v) is 5.74. The summed E-state index contributed by atoms with van der Waals surface area (Å²) in [5, 5.41) is 12.1. The van der Waals surface area contributed by atoms with Gasteiger partial charge in [-0.25, -0.2) is 4.98 Å². The van der Waals surface area contributed by atoms with E-state index in [-0.39, 0.29) is 5.69 Å². The van der Waals surface area contributed by atoms with Crippen LogP contribution in [0.25, 0.3) is 10.2 Å². The summed E-state index contributed by atoms with van der Waals surface area (Å²) < 4.78 is 1.64. The van der Waals surface area contributed by atoms with E-state index < -0.39 is 4.92 Å². The Labute approximate surface area is 144 Å². The summed E-state index contributed by atoms with van der Waals surface area (Å²) in [7, 11) is 0. The van der Waals surface area contributed by atoms with Gasteiger partial charge in [-0.1, -0.05) is 35.0 Å². The van der Waals surface area contributed by atoms with Gasteiger partial charge in [-0.2, -0.15) is 0 Å². The van der Waals surface area contributed by atoms with E-state index >= 15 is 0 Å². The van der Waals surface area contributed by atoms with Gasteiger partial charge in [0.25, 0.3) is 5.69 Å². The number of rotatable bonds is 4. The molecule has 0 saturated carbocycles. The summed E-state index contributed by atoms with van der Waals surface area (Å²) in [6.45, 7) is 0. The van der Waals surface area contributed by atoms with Crippen molar-refractivity contribution in [2.45, 2.75) is 10.1 Å². The quantitative estimate of drug-likeness (QED) is 0.330. The Morgan fingerprint density at radius 1 is 1.23 bits per heavy atom. The Morgan fingerprint density at radius 3 is 2.82 bits per heavy atom. The molecule has 0 bridgehead atoms. The lowest BCUT2D eigenvalue weighted by molar-refractivity contribution is -0.384. The molecule has 0 aliphatic heterocycles.